The van der Waals surface area contributed by atoms with Gasteiger partial charge in [0.1, 0.15) is 0 Å². The first kappa shape index (κ1) is 14.1. The van der Waals surface area contributed by atoms with E-state index in [9.17, 15) is 0 Å². The van der Waals surface area contributed by atoms with Crippen LogP contribution in [0.25, 0.3) is 11.1 Å². The molecular formula is C21H24. The van der Waals surface area contributed by atoms with Crippen molar-refractivity contribution in [2.75, 3.05) is 0 Å². The van der Waals surface area contributed by atoms with Gasteiger partial charge in [0.25, 0.3) is 0 Å². The summed E-state index contributed by atoms with van der Waals surface area (Å²) in [6.45, 7) is 0. The van der Waals surface area contributed by atoms with Crippen molar-refractivity contribution < 1.29 is 0 Å². The minimum Gasteiger partial charge on any atom is -0.0885 e. The fraction of sp³-hybridized carbons (Fsp3) is 0.333. The van der Waals surface area contributed by atoms with E-state index in [1.807, 2.05) is 0 Å². The predicted molar refractivity (Wildman–Crippen MR) is 91.5 cm³/mol. The highest BCUT2D eigenvalue weighted by atomic mass is 14.1. The third kappa shape index (κ3) is 3.64. The quantitative estimate of drug-likeness (QED) is 0.521. The lowest BCUT2D eigenvalue weighted by molar-refractivity contribution is 0.746. The Labute approximate surface area is 128 Å². The van der Waals surface area contributed by atoms with Crippen LogP contribution in [-0.2, 0) is 12.8 Å². The zero-order valence-electron chi connectivity index (χ0n) is 12.7. The summed E-state index contributed by atoms with van der Waals surface area (Å²) in [6, 6.07) is 17.9. The molecule has 2 aromatic rings. The van der Waals surface area contributed by atoms with Gasteiger partial charge in [0.05, 0.1) is 0 Å². The number of rotatable bonds is 0. The van der Waals surface area contributed by atoms with Gasteiger partial charge < -0.3 is 0 Å². The van der Waals surface area contributed by atoms with E-state index in [4.69, 9.17) is 0 Å². The Kier molecular flexibility index (Phi) is 4.89. The molecular weight excluding hydrogens is 252 g/mol. The molecule has 2 aromatic carbocycles. The van der Waals surface area contributed by atoms with Crippen LogP contribution in [0.5, 0.6) is 0 Å². The van der Waals surface area contributed by atoms with Crippen LogP contribution in [0.1, 0.15) is 43.2 Å². The first-order valence-electron chi connectivity index (χ1n) is 8.26. The molecule has 0 fully saturated rings. The molecule has 1 aliphatic carbocycles. The summed E-state index contributed by atoms with van der Waals surface area (Å²) in [4.78, 5) is 0. The number of allylic oxidation sites excluding steroid dienone is 2. The standard InChI is InChI=1S/C21H24/c1-2-4-6-12-18-14-8-10-16-20(18)21-17-11-9-15-19(21)13-7-5-3-1/h1-2,8-11,14-17H,3-7,12-13H2. The summed E-state index contributed by atoms with van der Waals surface area (Å²) in [6.07, 6.45) is 13.4. The molecule has 0 radical (unpaired) electrons. The molecule has 0 spiro atoms. The molecule has 0 bridgehead atoms. The average Bonchev–Trinajstić information content (AvgIpc) is 2.55. The smallest absolute Gasteiger partial charge is 0.0149 e. The van der Waals surface area contributed by atoms with Crippen LogP contribution >= 0.6 is 0 Å². The fourth-order valence-corrected chi connectivity index (χ4v) is 3.23. The van der Waals surface area contributed by atoms with E-state index in [1.165, 1.54) is 67.2 Å². The van der Waals surface area contributed by atoms with Crippen LogP contribution in [-0.4, -0.2) is 0 Å². The normalized spacial score (nSPS) is 16.0. The van der Waals surface area contributed by atoms with Crippen molar-refractivity contribution in [3.63, 3.8) is 0 Å². The predicted octanol–water partition coefficient (Wildman–Crippen LogP) is 5.96. The molecule has 0 N–H and O–H groups in total. The third-order valence-corrected chi connectivity index (χ3v) is 4.38. The highest BCUT2D eigenvalue weighted by molar-refractivity contribution is 5.70. The monoisotopic (exact) mass is 276 g/mol. The zero-order chi connectivity index (χ0) is 14.3. The highest BCUT2D eigenvalue weighted by Gasteiger charge is 2.09. The molecule has 0 unspecified atom stereocenters. The second-order valence-electron chi connectivity index (χ2n) is 5.92. The largest absolute Gasteiger partial charge is 0.0885 e. The zero-order valence-corrected chi connectivity index (χ0v) is 12.7. The van der Waals surface area contributed by atoms with Crippen LogP contribution in [0.2, 0.25) is 0 Å². The number of fused-ring (bicyclic) bond motifs is 3. The van der Waals surface area contributed by atoms with Gasteiger partial charge in [0, 0.05) is 0 Å². The Hall–Kier alpha value is -1.82. The molecule has 0 amide bonds. The summed E-state index contributed by atoms with van der Waals surface area (Å²) >= 11 is 0. The van der Waals surface area contributed by atoms with Crippen molar-refractivity contribution in [2.24, 2.45) is 0 Å². The lowest BCUT2D eigenvalue weighted by Crippen LogP contribution is -1.94. The Bertz CT molecular complexity index is 607. The Morgan fingerprint density at radius 1 is 0.524 bits per heavy atom. The molecule has 1 aliphatic rings. The highest BCUT2D eigenvalue weighted by Crippen LogP contribution is 2.29. The van der Waals surface area contributed by atoms with Crippen LogP contribution in [0.15, 0.2) is 60.7 Å². The molecule has 0 atom stereocenters. The van der Waals surface area contributed by atoms with Gasteiger partial charge >= 0.3 is 0 Å². The number of hydrogen-bond donors (Lipinski definition) is 0. The first-order chi connectivity index (χ1) is 10.4. The fourth-order valence-electron chi connectivity index (χ4n) is 3.23. The minimum atomic E-state index is 1.18. The minimum absolute atomic E-state index is 1.18. The first-order valence-corrected chi connectivity index (χ1v) is 8.26. The molecule has 0 heteroatoms. The van der Waals surface area contributed by atoms with Gasteiger partial charge in [-0.05, 0) is 67.2 Å². The summed E-state index contributed by atoms with van der Waals surface area (Å²) in [5.74, 6) is 0. The van der Waals surface area contributed by atoms with Crippen molar-refractivity contribution in [2.45, 2.75) is 44.9 Å². The van der Waals surface area contributed by atoms with E-state index >= 15 is 0 Å². The molecule has 0 heterocycles. The van der Waals surface area contributed by atoms with E-state index in [-0.39, 0.29) is 0 Å². The van der Waals surface area contributed by atoms with Crippen LogP contribution in [0.3, 0.4) is 0 Å². The van der Waals surface area contributed by atoms with E-state index in [0.29, 0.717) is 0 Å². The van der Waals surface area contributed by atoms with Crippen molar-refractivity contribution in [3.05, 3.63) is 71.8 Å². The molecule has 3 rings (SSSR count). The van der Waals surface area contributed by atoms with E-state index in [2.05, 4.69) is 60.7 Å². The van der Waals surface area contributed by atoms with Gasteiger partial charge in [0.15, 0.2) is 0 Å². The lowest BCUT2D eigenvalue weighted by atomic mass is 9.91. The summed E-state index contributed by atoms with van der Waals surface area (Å²) in [5.41, 5.74) is 5.89. The topological polar surface area (TPSA) is 0 Å². The van der Waals surface area contributed by atoms with Crippen LogP contribution in [0, 0.1) is 0 Å². The second-order valence-corrected chi connectivity index (χ2v) is 5.92. The third-order valence-electron chi connectivity index (χ3n) is 4.38. The van der Waals surface area contributed by atoms with Gasteiger partial charge in [-0.15, -0.1) is 0 Å². The Balaban J connectivity index is 1.99. The maximum Gasteiger partial charge on any atom is -0.0149 e. The van der Waals surface area contributed by atoms with Gasteiger partial charge in [-0.2, -0.15) is 0 Å². The molecule has 21 heavy (non-hydrogen) atoms. The maximum atomic E-state index is 2.37. The van der Waals surface area contributed by atoms with Crippen LogP contribution in [0.4, 0.5) is 0 Å². The van der Waals surface area contributed by atoms with E-state index < -0.39 is 0 Å². The molecule has 0 nitrogen and oxygen atoms in total. The Morgan fingerprint density at radius 2 is 1.05 bits per heavy atom. The molecule has 0 saturated carbocycles. The molecule has 108 valence electrons. The molecule has 0 aliphatic heterocycles. The van der Waals surface area contributed by atoms with Crippen molar-refractivity contribution in [3.8, 4) is 11.1 Å². The summed E-state index contributed by atoms with van der Waals surface area (Å²) in [7, 11) is 0. The van der Waals surface area contributed by atoms with Crippen LogP contribution < -0.4 is 0 Å². The molecule has 0 aromatic heterocycles. The molecule has 0 saturated heterocycles. The van der Waals surface area contributed by atoms with Crippen molar-refractivity contribution in [1.82, 2.24) is 0 Å². The Morgan fingerprint density at radius 3 is 1.71 bits per heavy atom. The number of aryl methyl sites for hydroxylation is 2. The average molecular weight is 276 g/mol. The van der Waals surface area contributed by atoms with Crippen molar-refractivity contribution >= 4 is 0 Å². The van der Waals surface area contributed by atoms with E-state index in [0.717, 1.165) is 0 Å². The van der Waals surface area contributed by atoms with Gasteiger partial charge in [-0.3, -0.25) is 0 Å². The summed E-state index contributed by atoms with van der Waals surface area (Å²) in [5, 5.41) is 0. The lowest BCUT2D eigenvalue weighted by Gasteiger charge is -2.13. The van der Waals surface area contributed by atoms with Gasteiger partial charge in [-0.1, -0.05) is 60.7 Å². The van der Waals surface area contributed by atoms with Crippen molar-refractivity contribution in [1.29, 1.82) is 0 Å². The summed E-state index contributed by atoms with van der Waals surface area (Å²) < 4.78 is 0. The number of hydrogen-bond acceptors (Lipinski definition) is 0. The second kappa shape index (κ2) is 7.26. The SMILES string of the molecule is C1=CCCCc2ccccc2-c2ccccc2CCCC1. The van der Waals surface area contributed by atoms with Gasteiger partial charge in [-0.25, -0.2) is 0 Å². The number of benzene rings is 2. The maximum absolute atomic E-state index is 2.37. The van der Waals surface area contributed by atoms with E-state index in [1.54, 1.807) is 0 Å². The van der Waals surface area contributed by atoms with Gasteiger partial charge in [0.2, 0.25) is 0 Å².